The van der Waals surface area contributed by atoms with Gasteiger partial charge in [-0.3, -0.25) is 16.3 Å². The molecule has 106 valence electrons. The maximum Gasteiger partial charge on any atom is 0.165 e. The summed E-state index contributed by atoms with van der Waals surface area (Å²) >= 11 is 3.44. The lowest BCUT2D eigenvalue weighted by molar-refractivity contribution is 0.386. The number of pyridine rings is 1. The average molecular weight is 340 g/mol. The van der Waals surface area contributed by atoms with E-state index in [4.69, 9.17) is 10.6 Å². The number of ether oxygens (including phenoxy) is 1. The zero-order chi connectivity index (χ0) is 14.5. The van der Waals surface area contributed by atoms with Crippen molar-refractivity contribution in [2.75, 3.05) is 7.11 Å². The highest BCUT2D eigenvalue weighted by Crippen LogP contribution is 2.25. The molecule has 3 N–H and O–H groups in total. The molecule has 0 aliphatic carbocycles. The van der Waals surface area contributed by atoms with Crippen molar-refractivity contribution in [2.45, 2.75) is 12.5 Å². The molecule has 2 rings (SSSR count). The van der Waals surface area contributed by atoms with E-state index >= 15 is 0 Å². The van der Waals surface area contributed by atoms with Crippen LogP contribution in [0.2, 0.25) is 0 Å². The van der Waals surface area contributed by atoms with Crippen LogP contribution < -0.4 is 16.0 Å². The smallest absolute Gasteiger partial charge is 0.165 e. The Kier molecular flexibility index (Phi) is 5.05. The van der Waals surface area contributed by atoms with E-state index < -0.39 is 0 Å². The molecule has 2 aromatic rings. The number of halogens is 2. The standard InChI is InChI=1S/C14H15BrFN3O/c1-20-13-5-4-9(7-11(13)16)8-12(19-17)14-10(15)3-2-6-18-14/h2-7,12,19H,8,17H2,1H3. The number of hydrogen-bond acceptors (Lipinski definition) is 4. The van der Waals surface area contributed by atoms with E-state index in [1.54, 1.807) is 12.3 Å². The number of hydrogen-bond donors (Lipinski definition) is 2. The van der Waals surface area contributed by atoms with E-state index in [2.05, 4.69) is 26.3 Å². The topological polar surface area (TPSA) is 60.2 Å². The summed E-state index contributed by atoms with van der Waals surface area (Å²) in [6.45, 7) is 0. The van der Waals surface area contributed by atoms with E-state index in [0.29, 0.717) is 6.42 Å². The van der Waals surface area contributed by atoms with Crippen LogP contribution in [0.5, 0.6) is 5.75 Å². The molecular formula is C14H15BrFN3O. The Labute approximate surface area is 125 Å². The molecule has 6 heteroatoms. The van der Waals surface area contributed by atoms with Crippen molar-refractivity contribution in [3.63, 3.8) is 0 Å². The van der Waals surface area contributed by atoms with Gasteiger partial charge >= 0.3 is 0 Å². The number of aromatic nitrogens is 1. The van der Waals surface area contributed by atoms with Gasteiger partial charge in [-0.25, -0.2) is 4.39 Å². The second-order valence-corrected chi connectivity index (χ2v) is 5.12. The van der Waals surface area contributed by atoms with Gasteiger partial charge in [-0.05, 0) is 52.2 Å². The lowest BCUT2D eigenvalue weighted by atomic mass is 10.0. The van der Waals surface area contributed by atoms with Crippen molar-refractivity contribution < 1.29 is 9.13 Å². The van der Waals surface area contributed by atoms with Crippen LogP contribution in [0.1, 0.15) is 17.3 Å². The molecule has 0 saturated carbocycles. The van der Waals surface area contributed by atoms with Gasteiger partial charge in [0.05, 0.1) is 18.8 Å². The molecule has 0 amide bonds. The molecule has 1 heterocycles. The lowest BCUT2D eigenvalue weighted by Crippen LogP contribution is -2.30. The second-order valence-electron chi connectivity index (χ2n) is 4.26. The Hall–Kier alpha value is -1.50. The Bertz CT molecular complexity index is 594. The molecule has 20 heavy (non-hydrogen) atoms. The summed E-state index contributed by atoms with van der Waals surface area (Å²) < 4.78 is 19.4. The van der Waals surface area contributed by atoms with Crippen LogP contribution >= 0.6 is 15.9 Å². The Morgan fingerprint density at radius 2 is 2.25 bits per heavy atom. The first-order valence-electron chi connectivity index (χ1n) is 6.04. The predicted octanol–water partition coefficient (Wildman–Crippen LogP) is 2.74. The molecule has 0 radical (unpaired) electrons. The first-order chi connectivity index (χ1) is 9.65. The van der Waals surface area contributed by atoms with Crippen molar-refractivity contribution in [2.24, 2.45) is 5.84 Å². The summed E-state index contributed by atoms with van der Waals surface area (Å²) in [4.78, 5) is 4.29. The Balaban J connectivity index is 2.23. The molecule has 0 fully saturated rings. The largest absolute Gasteiger partial charge is 0.494 e. The monoisotopic (exact) mass is 339 g/mol. The quantitative estimate of drug-likeness (QED) is 0.649. The minimum absolute atomic E-state index is 0.210. The molecule has 0 bridgehead atoms. The summed E-state index contributed by atoms with van der Waals surface area (Å²) in [5.41, 5.74) is 4.30. The molecular weight excluding hydrogens is 325 g/mol. The third-order valence-corrected chi connectivity index (χ3v) is 3.64. The highest BCUT2D eigenvalue weighted by Gasteiger charge is 2.16. The van der Waals surface area contributed by atoms with Crippen LogP contribution in [0, 0.1) is 5.82 Å². The van der Waals surface area contributed by atoms with Crippen LogP contribution in [0.25, 0.3) is 0 Å². The minimum Gasteiger partial charge on any atom is -0.494 e. The number of benzene rings is 1. The molecule has 0 spiro atoms. The average Bonchev–Trinajstić information content (AvgIpc) is 2.46. The highest BCUT2D eigenvalue weighted by molar-refractivity contribution is 9.10. The molecule has 4 nitrogen and oxygen atoms in total. The zero-order valence-electron chi connectivity index (χ0n) is 10.9. The van der Waals surface area contributed by atoms with E-state index in [9.17, 15) is 4.39 Å². The van der Waals surface area contributed by atoms with Gasteiger partial charge in [0, 0.05) is 10.7 Å². The highest BCUT2D eigenvalue weighted by atomic mass is 79.9. The molecule has 0 saturated heterocycles. The van der Waals surface area contributed by atoms with Gasteiger partial charge in [-0.2, -0.15) is 0 Å². The van der Waals surface area contributed by atoms with Crippen LogP contribution in [-0.4, -0.2) is 12.1 Å². The van der Waals surface area contributed by atoms with Gasteiger partial charge in [0.1, 0.15) is 0 Å². The summed E-state index contributed by atoms with van der Waals surface area (Å²) in [5.74, 6) is 5.43. The number of rotatable bonds is 5. The normalized spacial score (nSPS) is 12.2. The molecule has 0 aliphatic rings. The Morgan fingerprint density at radius 1 is 1.45 bits per heavy atom. The SMILES string of the molecule is COc1ccc(CC(NN)c2ncccc2Br)cc1F. The van der Waals surface area contributed by atoms with Gasteiger partial charge in [0.15, 0.2) is 11.6 Å². The van der Waals surface area contributed by atoms with Crippen LogP contribution in [0.4, 0.5) is 4.39 Å². The van der Waals surface area contributed by atoms with Crippen molar-refractivity contribution in [3.8, 4) is 5.75 Å². The van der Waals surface area contributed by atoms with E-state index in [-0.39, 0.29) is 17.6 Å². The summed E-state index contributed by atoms with van der Waals surface area (Å²) in [6.07, 6.45) is 2.21. The van der Waals surface area contributed by atoms with Gasteiger partial charge < -0.3 is 4.74 Å². The first-order valence-corrected chi connectivity index (χ1v) is 6.84. The van der Waals surface area contributed by atoms with E-state index in [1.165, 1.54) is 13.2 Å². The van der Waals surface area contributed by atoms with Gasteiger partial charge in [-0.15, -0.1) is 0 Å². The number of methoxy groups -OCH3 is 1. The van der Waals surface area contributed by atoms with Gasteiger partial charge in [0.2, 0.25) is 0 Å². The summed E-state index contributed by atoms with van der Waals surface area (Å²) in [6, 6.07) is 8.36. The fourth-order valence-electron chi connectivity index (χ4n) is 1.96. The zero-order valence-corrected chi connectivity index (χ0v) is 12.5. The second kappa shape index (κ2) is 6.78. The molecule has 1 unspecified atom stereocenters. The third kappa shape index (κ3) is 3.33. The van der Waals surface area contributed by atoms with E-state index in [1.807, 2.05) is 18.2 Å². The first kappa shape index (κ1) is 14.9. The van der Waals surface area contributed by atoms with Gasteiger partial charge in [-0.1, -0.05) is 6.07 Å². The fourth-order valence-corrected chi connectivity index (χ4v) is 2.49. The molecule has 1 atom stereocenters. The van der Waals surface area contributed by atoms with Crippen LogP contribution in [0.15, 0.2) is 41.0 Å². The maximum atomic E-state index is 13.7. The third-order valence-electron chi connectivity index (χ3n) is 2.97. The Morgan fingerprint density at radius 3 is 2.85 bits per heavy atom. The number of nitrogens with one attached hydrogen (secondary N) is 1. The lowest BCUT2D eigenvalue weighted by Gasteiger charge is -2.17. The van der Waals surface area contributed by atoms with E-state index in [0.717, 1.165) is 15.7 Å². The number of hydrazine groups is 1. The summed E-state index contributed by atoms with van der Waals surface area (Å²) in [7, 11) is 1.44. The summed E-state index contributed by atoms with van der Waals surface area (Å²) in [5, 5.41) is 0. The van der Waals surface area contributed by atoms with Crippen LogP contribution in [0.3, 0.4) is 0 Å². The predicted molar refractivity (Wildman–Crippen MR) is 78.7 cm³/mol. The molecule has 1 aromatic carbocycles. The van der Waals surface area contributed by atoms with Gasteiger partial charge in [0.25, 0.3) is 0 Å². The maximum absolute atomic E-state index is 13.7. The molecule has 1 aromatic heterocycles. The van der Waals surface area contributed by atoms with Crippen molar-refractivity contribution >= 4 is 15.9 Å². The van der Waals surface area contributed by atoms with Crippen molar-refractivity contribution in [1.29, 1.82) is 0 Å². The number of nitrogens with zero attached hydrogens (tertiary/aromatic N) is 1. The van der Waals surface area contributed by atoms with Crippen LogP contribution in [-0.2, 0) is 6.42 Å². The molecule has 0 aliphatic heterocycles. The fraction of sp³-hybridized carbons (Fsp3) is 0.214. The van der Waals surface area contributed by atoms with Crippen molar-refractivity contribution in [3.05, 3.63) is 58.1 Å². The number of nitrogens with two attached hydrogens (primary N) is 1. The van der Waals surface area contributed by atoms with Crippen molar-refractivity contribution in [1.82, 2.24) is 10.4 Å². The minimum atomic E-state index is -0.388.